The predicted octanol–water partition coefficient (Wildman–Crippen LogP) is 4.01. The average molecular weight is 412 g/mol. The van der Waals surface area contributed by atoms with Crippen molar-refractivity contribution < 1.29 is 27.4 Å². The molecule has 2 aromatic rings. The molecule has 5 nitrogen and oxygen atoms in total. The molecule has 0 saturated heterocycles. The van der Waals surface area contributed by atoms with E-state index in [2.05, 4.69) is 4.98 Å². The average Bonchev–Trinajstić information content (AvgIpc) is 2.70. The molecular formula is C19H19F3N2O3S. The number of carbonyl (C=O) groups is 1. The summed E-state index contributed by atoms with van der Waals surface area (Å²) in [7, 11) is 0. The Balaban J connectivity index is 1.61. The van der Waals surface area contributed by atoms with Crippen molar-refractivity contribution in [1.29, 1.82) is 0 Å². The van der Waals surface area contributed by atoms with Crippen LogP contribution >= 0.6 is 11.8 Å². The lowest BCUT2D eigenvalue weighted by atomic mass is 10.1. The molecule has 2 heterocycles. The van der Waals surface area contributed by atoms with Gasteiger partial charge in [0.25, 0.3) is 0 Å². The summed E-state index contributed by atoms with van der Waals surface area (Å²) in [6.07, 6.45) is -3.65. The van der Waals surface area contributed by atoms with Crippen LogP contribution in [0.25, 0.3) is 0 Å². The molecule has 0 unspecified atom stereocenters. The Morgan fingerprint density at radius 3 is 2.68 bits per heavy atom. The minimum atomic E-state index is -4.42. The van der Waals surface area contributed by atoms with Crippen LogP contribution in [0.15, 0.2) is 41.6 Å². The molecule has 0 bridgehead atoms. The summed E-state index contributed by atoms with van der Waals surface area (Å²) in [4.78, 5) is 18.0. The molecule has 0 radical (unpaired) electrons. The fourth-order valence-electron chi connectivity index (χ4n) is 2.70. The van der Waals surface area contributed by atoms with Crippen LogP contribution in [0.3, 0.4) is 0 Å². The molecule has 1 amide bonds. The Hall–Kier alpha value is -2.42. The molecule has 0 fully saturated rings. The number of hydrogen-bond acceptors (Lipinski definition) is 5. The summed E-state index contributed by atoms with van der Waals surface area (Å²) in [5.41, 5.74) is 0.0412. The van der Waals surface area contributed by atoms with Gasteiger partial charge in [0.2, 0.25) is 5.91 Å². The van der Waals surface area contributed by atoms with Crippen LogP contribution in [-0.2, 0) is 17.5 Å². The van der Waals surface area contributed by atoms with Gasteiger partial charge < -0.3 is 14.4 Å². The Morgan fingerprint density at radius 2 is 2.00 bits per heavy atom. The maximum Gasteiger partial charge on any atom is 0.417 e. The van der Waals surface area contributed by atoms with E-state index in [-0.39, 0.29) is 11.7 Å². The second-order valence-electron chi connectivity index (χ2n) is 6.02. The first kappa shape index (κ1) is 20.3. The van der Waals surface area contributed by atoms with Gasteiger partial charge in [-0.3, -0.25) is 4.79 Å². The van der Waals surface area contributed by atoms with E-state index in [1.54, 1.807) is 4.90 Å². The third kappa shape index (κ3) is 4.89. The predicted molar refractivity (Wildman–Crippen MR) is 98.5 cm³/mol. The third-order valence-electron chi connectivity index (χ3n) is 4.15. The van der Waals surface area contributed by atoms with Crippen LogP contribution in [0.2, 0.25) is 0 Å². The fourth-order valence-corrected chi connectivity index (χ4v) is 3.45. The molecule has 28 heavy (non-hydrogen) atoms. The van der Waals surface area contributed by atoms with Gasteiger partial charge in [-0.1, -0.05) is 23.9 Å². The normalized spacial score (nSPS) is 13.3. The van der Waals surface area contributed by atoms with E-state index < -0.39 is 11.7 Å². The van der Waals surface area contributed by atoms with Crippen LogP contribution < -0.4 is 9.47 Å². The van der Waals surface area contributed by atoms with Crippen LogP contribution in [0.4, 0.5) is 13.2 Å². The van der Waals surface area contributed by atoms with Crippen molar-refractivity contribution in [2.75, 3.05) is 25.5 Å². The first-order valence-electron chi connectivity index (χ1n) is 8.69. The van der Waals surface area contributed by atoms with Gasteiger partial charge in [0.1, 0.15) is 13.2 Å². The number of amides is 1. The summed E-state index contributed by atoms with van der Waals surface area (Å²) in [5, 5.41) is 0.367. The quantitative estimate of drug-likeness (QED) is 0.671. The number of para-hydroxylation sites is 1. The molecule has 9 heteroatoms. The van der Waals surface area contributed by atoms with Crippen molar-refractivity contribution >= 4 is 17.7 Å². The number of alkyl halides is 3. The van der Waals surface area contributed by atoms with Crippen LogP contribution in [0.5, 0.6) is 11.5 Å². The zero-order valence-electron chi connectivity index (χ0n) is 15.2. The number of thioether (sulfide) groups is 1. The highest BCUT2D eigenvalue weighted by molar-refractivity contribution is 7.99. The Bertz CT molecular complexity index is 828. The lowest BCUT2D eigenvalue weighted by Crippen LogP contribution is -2.32. The van der Waals surface area contributed by atoms with Gasteiger partial charge >= 0.3 is 6.18 Å². The zero-order valence-corrected chi connectivity index (χ0v) is 16.0. The van der Waals surface area contributed by atoms with Gasteiger partial charge in [-0.25, -0.2) is 4.98 Å². The second kappa shape index (κ2) is 8.72. The number of pyridine rings is 1. The smallest absolute Gasteiger partial charge is 0.417 e. The van der Waals surface area contributed by atoms with Gasteiger partial charge in [-0.2, -0.15) is 13.2 Å². The van der Waals surface area contributed by atoms with Gasteiger partial charge in [0, 0.05) is 24.8 Å². The van der Waals surface area contributed by atoms with E-state index in [4.69, 9.17) is 9.47 Å². The number of ether oxygens (including phenoxy) is 2. The fraction of sp³-hybridized carbons (Fsp3) is 0.368. The molecule has 1 aromatic carbocycles. The number of fused-ring (bicyclic) bond motifs is 1. The summed E-state index contributed by atoms with van der Waals surface area (Å²) in [6.45, 7) is 3.67. The van der Waals surface area contributed by atoms with Crippen molar-refractivity contribution in [3.8, 4) is 11.5 Å². The van der Waals surface area contributed by atoms with Gasteiger partial charge in [0.05, 0.1) is 16.3 Å². The largest absolute Gasteiger partial charge is 0.486 e. The van der Waals surface area contributed by atoms with Crippen molar-refractivity contribution in [1.82, 2.24) is 9.88 Å². The number of nitrogens with zero attached hydrogens (tertiary/aromatic N) is 2. The van der Waals surface area contributed by atoms with Crippen molar-refractivity contribution in [2.24, 2.45) is 0 Å². The standard InChI is InChI=1S/C19H19F3N2O3S/c1-2-24(11-13-4-3-5-15-18(13)27-9-8-26-15)17(25)12-28-16-7-6-14(10-23-16)19(20,21)22/h3-7,10H,2,8-9,11-12H2,1H3. The molecule has 1 aliphatic rings. The monoisotopic (exact) mass is 412 g/mol. The van der Waals surface area contributed by atoms with E-state index in [1.165, 1.54) is 6.07 Å². The Labute approximate surface area is 164 Å². The lowest BCUT2D eigenvalue weighted by Gasteiger charge is -2.25. The summed E-state index contributed by atoms with van der Waals surface area (Å²) >= 11 is 1.11. The molecule has 1 aromatic heterocycles. The van der Waals surface area contributed by atoms with Crippen molar-refractivity contribution in [3.05, 3.63) is 47.7 Å². The highest BCUT2D eigenvalue weighted by atomic mass is 32.2. The maximum atomic E-state index is 12.6. The van der Waals surface area contributed by atoms with Crippen molar-refractivity contribution in [3.63, 3.8) is 0 Å². The summed E-state index contributed by atoms with van der Waals surface area (Å²) in [6, 6.07) is 7.79. The molecule has 3 rings (SSSR count). The first-order chi connectivity index (χ1) is 13.4. The minimum absolute atomic E-state index is 0.0819. The number of aromatic nitrogens is 1. The van der Waals surface area contributed by atoms with Gasteiger partial charge in [-0.05, 0) is 25.1 Å². The molecule has 0 saturated carbocycles. The number of benzene rings is 1. The molecule has 150 valence electrons. The topological polar surface area (TPSA) is 51.7 Å². The highest BCUT2D eigenvalue weighted by Gasteiger charge is 2.30. The molecule has 0 atom stereocenters. The number of hydrogen-bond donors (Lipinski definition) is 0. The number of rotatable bonds is 6. The first-order valence-corrected chi connectivity index (χ1v) is 9.68. The Morgan fingerprint density at radius 1 is 1.21 bits per heavy atom. The van der Waals surface area contributed by atoms with Gasteiger partial charge in [0.15, 0.2) is 11.5 Å². The SMILES string of the molecule is CCN(Cc1cccc2c1OCCO2)C(=O)CSc1ccc(C(F)(F)F)cn1. The molecule has 0 aliphatic carbocycles. The highest BCUT2D eigenvalue weighted by Crippen LogP contribution is 2.34. The van der Waals surface area contributed by atoms with E-state index in [0.717, 1.165) is 29.6 Å². The van der Waals surface area contributed by atoms with E-state index >= 15 is 0 Å². The van der Waals surface area contributed by atoms with E-state index in [9.17, 15) is 18.0 Å². The second-order valence-corrected chi connectivity index (χ2v) is 7.02. The van der Waals surface area contributed by atoms with E-state index in [0.29, 0.717) is 42.8 Å². The van der Waals surface area contributed by atoms with E-state index in [1.807, 2.05) is 25.1 Å². The van der Waals surface area contributed by atoms with Crippen LogP contribution in [-0.4, -0.2) is 41.3 Å². The third-order valence-corrected chi connectivity index (χ3v) is 5.08. The van der Waals surface area contributed by atoms with Gasteiger partial charge in [-0.15, -0.1) is 0 Å². The van der Waals surface area contributed by atoms with Crippen LogP contribution in [0.1, 0.15) is 18.1 Å². The van der Waals surface area contributed by atoms with Crippen LogP contribution in [0, 0.1) is 0 Å². The molecular weight excluding hydrogens is 393 g/mol. The molecule has 1 aliphatic heterocycles. The molecule has 0 N–H and O–H groups in total. The summed E-state index contributed by atoms with van der Waals surface area (Å²) in [5.74, 6) is 1.26. The lowest BCUT2D eigenvalue weighted by molar-refractivity contribution is -0.138. The number of carbonyl (C=O) groups excluding carboxylic acids is 1. The van der Waals surface area contributed by atoms with Crippen molar-refractivity contribution in [2.45, 2.75) is 24.7 Å². The molecule has 0 spiro atoms. The summed E-state index contributed by atoms with van der Waals surface area (Å²) < 4.78 is 49.0. The number of halogens is 3. The maximum absolute atomic E-state index is 12.6. The zero-order chi connectivity index (χ0) is 20.1. The minimum Gasteiger partial charge on any atom is -0.486 e. The Kier molecular flexibility index (Phi) is 6.33.